The molecule has 0 spiro atoms. The molecule has 14 nitrogen and oxygen atoms in total. The maximum atomic E-state index is 14.6. The Labute approximate surface area is 396 Å². The van der Waals surface area contributed by atoms with Crippen molar-refractivity contribution in [2.24, 2.45) is 16.8 Å². The summed E-state index contributed by atoms with van der Waals surface area (Å²) in [5, 5.41) is 2.83. The smallest absolute Gasteiger partial charge is 0.407 e. The minimum absolute atomic E-state index is 0.0572. The number of methoxy groups -OCH3 is 1. The van der Waals surface area contributed by atoms with Crippen LogP contribution in [0.25, 0.3) is 22.1 Å². The van der Waals surface area contributed by atoms with Crippen LogP contribution in [0.15, 0.2) is 114 Å². The number of aliphatic imine (C=N–C) groups is 1. The predicted octanol–water partition coefficient (Wildman–Crippen LogP) is 9.89. The van der Waals surface area contributed by atoms with Gasteiger partial charge in [0.05, 0.1) is 48.4 Å². The van der Waals surface area contributed by atoms with Crippen molar-refractivity contribution in [2.45, 2.75) is 113 Å². The van der Waals surface area contributed by atoms with Crippen molar-refractivity contribution in [3.63, 3.8) is 0 Å². The van der Waals surface area contributed by atoms with Gasteiger partial charge in [-0.15, -0.1) is 0 Å². The molecule has 2 aromatic heterocycles. The van der Waals surface area contributed by atoms with Crippen LogP contribution in [0.4, 0.5) is 4.79 Å². The summed E-state index contributed by atoms with van der Waals surface area (Å²) in [4.78, 5) is 77.6. The molecule has 2 aliphatic heterocycles. The van der Waals surface area contributed by atoms with Crippen LogP contribution in [0, 0.1) is 11.8 Å². The fraction of sp³-hybridized carbons (Fsp3) is 0.407. The van der Waals surface area contributed by atoms with Crippen molar-refractivity contribution in [1.29, 1.82) is 0 Å². The molecule has 68 heavy (non-hydrogen) atoms. The molecule has 10 rings (SSSR count). The number of fused-ring (bicyclic) bond motifs is 4. The number of ether oxygens (including phenoxy) is 1. The monoisotopic (exact) mass is 916 g/mol. The van der Waals surface area contributed by atoms with Gasteiger partial charge in [-0.1, -0.05) is 111 Å². The van der Waals surface area contributed by atoms with Crippen LogP contribution < -0.4 is 5.32 Å². The minimum atomic E-state index is -0.875. The molecular weight excluding hydrogens is 857 g/mol. The van der Waals surface area contributed by atoms with Gasteiger partial charge in [0.25, 0.3) is 11.8 Å². The Balaban J connectivity index is 0.832. The van der Waals surface area contributed by atoms with E-state index in [2.05, 4.69) is 73.7 Å². The van der Waals surface area contributed by atoms with Gasteiger partial charge >= 0.3 is 6.09 Å². The first-order chi connectivity index (χ1) is 33.4. The topological polar surface area (TPSA) is 167 Å². The highest BCUT2D eigenvalue weighted by molar-refractivity contribution is 5.88. The van der Waals surface area contributed by atoms with Crippen LogP contribution in [-0.2, 0) is 36.9 Å². The van der Waals surface area contributed by atoms with Gasteiger partial charge in [0.15, 0.2) is 6.04 Å². The molecule has 4 aliphatic rings. The number of allylic oxidation sites excluding steroid dienone is 2. The van der Waals surface area contributed by atoms with Crippen molar-refractivity contribution in [1.82, 2.24) is 35.1 Å². The third-order valence-electron chi connectivity index (χ3n) is 14.8. The molecule has 0 unspecified atom stereocenters. The highest BCUT2D eigenvalue weighted by Crippen LogP contribution is 2.49. The molecule has 4 heterocycles. The van der Waals surface area contributed by atoms with Gasteiger partial charge in [-0.25, -0.2) is 19.8 Å². The Morgan fingerprint density at radius 1 is 0.691 bits per heavy atom. The zero-order valence-electron chi connectivity index (χ0n) is 38.8. The number of hydrogen-bond donors (Lipinski definition) is 3. The second-order valence-corrected chi connectivity index (χ2v) is 18.9. The summed E-state index contributed by atoms with van der Waals surface area (Å²) in [7, 11) is 2.73. The SMILES string of the molecule is COO/C=N\[C@@H](C(=O)N1[C@H](c2nc3cc(C/C=C/Cc4ccc5[nH]c([C@@H]6C[C@@H]7CCCC[C@@H]7N6C(=O)[C@H](NC(=O)OC)c6ccccc6)nc5c4)ccc3[nH]2)C[C@@H]2CCCC[C@@H]21)c1ccccc1. The molecule has 2 saturated heterocycles. The lowest BCUT2D eigenvalue weighted by Crippen LogP contribution is -2.47. The Morgan fingerprint density at radius 2 is 1.21 bits per heavy atom. The van der Waals surface area contributed by atoms with Gasteiger partial charge < -0.3 is 34.7 Å². The lowest BCUT2D eigenvalue weighted by atomic mass is 9.84. The Bertz CT molecular complexity index is 2790. The first kappa shape index (κ1) is 45.0. The average molecular weight is 917 g/mol. The maximum Gasteiger partial charge on any atom is 0.407 e. The van der Waals surface area contributed by atoms with E-state index in [1.165, 1.54) is 27.0 Å². The summed E-state index contributed by atoms with van der Waals surface area (Å²) in [6.45, 7) is 0. The lowest BCUT2D eigenvalue weighted by Gasteiger charge is -2.36. The van der Waals surface area contributed by atoms with Gasteiger partial charge in [-0.2, -0.15) is 4.89 Å². The standard InChI is InChI=1S/C54H60N8O6/c1-66-54(65)60-49(37-19-7-4-8-20-37)53(64)62-45-24-14-12-22-39(45)32-47(62)51-57-41-28-26-35(30-43(41)59-51)16-10-9-15-34-25-27-40-42(29-34)58-50(56-40)46-31-38-21-11-13-23-44(38)61(46)52(63)48(55-33-68-67-2)36-17-5-3-6-18-36/h3-10,17-20,25-30,33,38-39,44-49H,11-16,21-24,31-32H2,1-2H3,(H,56,58)(H,57,59)(H,60,65)/b10-9+,55-33-/t38-,39-,44-,45-,46-,47-,48+,49+/m0/s1. The molecule has 6 aromatic rings. The number of carbonyl (C=O) groups excluding carboxylic acids is 3. The Kier molecular flexibility index (Phi) is 13.4. The second-order valence-electron chi connectivity index (χ2n) is 18.9. The normalized spacial score (nSPS) is 23.5. The summed E-state index contributed by atoms with van der Waals surface area (Å²) in [6.07, 6.45) is 16.7. The first-order valence-corrected chi connectivity index (χ1v) is 24.3. The van der Waals surface area contributed by atoms with Crippen molar-refractivity contribution in [2.75, 3.05) is 14.2 Å². The number of nitrogens with one attached hydrogen (secondary N) is 3. The van der Waals surface area contributed by atoms with E-state index in [1.54, 1.807) is 0 Å². The number of H-pyrrole nitrogens is 2. The highest BCUT2D eigenvalue weighted by atomic mass is 17.2. The number of imidazole rings is 2. The highest BCUT2D eigenvalue weighted by Gasteiger charge is 2.49. The second kappa shape index (κ2) is 20.2. The van der Waals surface area contributed by atoms with E-state index < -0.39 is 18.2 Å². The molecule has 3 amide bonds. The molecule has 4 fully saturated rings. The third-order valence-corrected chi connectivity index (χ3v) is 14.8. The van der Waals surface area contributed by atoms with Crippen LogP contribution in [0.1, 0.15) is 122 Å². The van der Waals surface area contributed by atoms with Gasteiger partial charge in [0, 0.05) is 12.1 Å². The van der Waals surface area contributed by atoms with Crippen molar-refractivity contribution in [3.8, 4) is 0 Å². The fourth-order valence-corrected chi connectivity index (χ4v) is 11.6. The number of nitrogens with zero attached hydrogens (tertiary/aromatic N) is 5. The fourth-order valence-electron chi connectivity index (χ4n) is 11.6. The molecular formula is C54H60N8O6. The van der Waals surface area contributed by atoms with E-state index in [-0.39, 0.29) is 36.0 Å². The van der Waals surface area contributed by atoms with Crippen molar-refractivity contribution in [3.05, 3.63) is 143 Å². The third kappa shape index (κ3) is 9.25. The molecule has 0 radical (unpaired) electrons. The van der Waals surface area contributed by atoms with Crippen LogP contribution >= 0.6 is 0 Å². The number of rotatable bonds is 14. The molecule has 0 bridgehead atoms. The lowest BCUT2D eigenvalue weighted by molar-refractivity contribution is -0.188. The van der Waals surface area contributed by atoms with Crippen LogP contribution in [0.2, 0.25) is 0 Å². The Morgan fingerprint density at radius 3 is 1.74 bits per heavy atom. The van der Waals surface area contributed by atoms with Crippen LogP contribution in [0.3, 0.4) is 0 Å². The average Bonchev–Trinajstić information content (AvgIpc) is 4.18. The minimum Gasteiger partial charge on any atom is -0.453 e. The van der Waals surface area contributed by atoms with E-state index in [0.717, 1.165) is 121 Å². The summed E-state index contributed by atoms with van der Waals surface area (Å²) in [5.41, 5.74) is 7.43. The zero-order valence-corrected chi connectivity index (χ0v) is 38.8. The molecule has 14 heteroatoms. The van der Waals surface area contributed by atoms with Crippen LogP contribution in [-0.4, -0.2) is 80.3 Å². The largest absolute Gasteiger partial charge is 0.453 e. The number of aromatic amines is 2. The summed E-state index contributed by atoms with van der Waals surface area (Å²) >= 11 is 0. The van der Waals surface area contributed by atoms with Gasteiger partial charge in [-0.3, -0.25) is 9.59 Å². The number of hydrogen-bond acceptors (Lipinski definition) is 9. The molecule has 352 valence electrons. The Hall–Kier alpha value is -6.80. The number of likely N-dealkylation sites (tertiary alicyclic amines) is 2. The van der Waals surface area contributed by atoms with Crippen molar-refractivity contribution >= 4 is 46.4 Å². The molecule has 8 atom stereocenters. The quantitative estimate of drug-likeness (QED) is 0.0319. The first-order valence-electron chi connectivity index (χ1n) is 24.3. The van der Waals surface area contributed by atoms with Gasteiger partial charge in [0.2, 0.25) is 6.40 Å². The van der Waals surface area contributed by atoms with Crippen molar-refractivity contribution < 1.29 is 28.9 Å². The number of amides is 3. The van der Waals surface area contributed by atoms with Gasteiger partial charge in [0.1, 0.15) is 17.7 Å². The van der Waals surface area contributed by atoms with E-state index in [9.17, 15) is 14.4 Å². The number of carbonyl (C=O) groups is 3. The van der Waals surface area contributed by atoms with Gasteiger partial charge in [-0.05, 0) is 110 Å². The summed E-state index contributed by atoms with van der Waals surface area (Å²) in [5.74, 6) is 2.18. The number of benzene rings is 4. The maximum absolute atomic E-state index is 14.6. The molecule has 2 aliphatic carbocycles. The number of alkyl carbamates (subject to hydrolysis) is 1. The van der Waals surface area contributed by atoms with E-state index in [4.69, 9.17) is 24.5 Å². The molecule has 2 saturated carbocycles. The molecule has 3 N–H and O–H groups in total. The van der Waals surface area contributed by atoms with Crippen LogP contribution in [0.5, 0.6) is 0 Å². The molecule has 4 aromatic carbocycles. The zero-order chi connectivity index (χ0) is 46.6. The number of aromatic nitrogens is 4. The summed E-state index contributed by atoms with van der Waals surface area (Å²) in [6, 6.07) is 29.9. The predicted molar refractivity (Wildman–Crippen MR) is 259 cm³/mol. The van der Waals surface area contributed by atoms with E-state index >= 15 is 0 Å². The summed E-state index contributed by atoms with van der Waals surface area (Å²) < 4.78 is 4.96. The van der Waals surface area contributed by atoms with E-state index in [0.29, 0.717) is 17.4 Å². The van der Waals surface area contributed by atoms with E-state index in [1.807, 2.05) is 65.6 Å².